The van der Waals surface area contributed by atoms with E-state index in [9.17, 15) is 9.00 Å². The number of ether oxygens (including phenoxy) is 1. The van der Waals surface area contributed by atoms with Gasteiger partial charge in [0.1, 0.15) is 11.4 Å². The normalized spacial score (nSPS) is 16.3. The molecule has 1 N–H and O–H groups in total. The van der Waals surface area contributed by atoms with Gasteiger partial charge >= 0.3 is 6.09 Å². The first-order valence-corrected chi connectivity index (χ1v) is 17.1. The second kappa shape index (κ2) is 11.3. The molecule has 1 aromatic carbocycles. The predicted octanol–water partition coefficient (Wildman–Crippen LogP) is 6.91. The molecule has 2 aliphatic rings. The molecule has 4 heterocycles. The Kier molecular flexibility index (Phi) is 7.62. The van der Waals surface area contributed by atoms with Crippen molar-refractivity contribution in [2.45, 2.75) is 63.9 Å². The first-order chi connectivity index (χ1) is 20.4. The minimum absolute atomic E-state index is 0.233. The van der Waals surface area contributed by atoms with E-state index in [2.05, 4.69) is 49.6 Å². The van der Waals surface area contributed by atoms with Crippen molar-refractivity contribution < 1.29 is 13.7 Å². The fraction of sp³-hybridized carbons (Fsp3) is 0.438. The summed E-state index contributed by atoms with van der Waals surface area (Å²) in [5.74, 6) is 2.50. The lowest BCUT2D eigenvalue weighted by atomic mass is 9.89. The van der Waals surface area contributed by atoms with Crippen molar-refractivity contribution in [2.75, 3.05) is 30.9 Å². The Bertz CT molecular complexity index is 1760. The molecule has 1 aliphatic carbocycles. The molecule has 1 aliphatic heterocycles. The molecule has 0 atom stereocenters. The molecule has 6 rings (SSSR count). The number of piperidine rings is 1. The van der Waals surface area contributed by atoms with Crippen LogP contribution in [0.2, 0.25) is 0 Å². The van der Waals surface area contributed by atoms with Crippen LogP contribution in [0.5, 0.6) is 0 Å². The number of benzene rings is 1. The summed E-state index contributed by atoms with van der Waals surface area (Å²) >= 11 is 0. The molecular weight excluding hydrogens is 562 g/mol. The third-order valence-corrected chi connectivity index (χ3v) is 8.24. The summed E-state index contributed by atoms with van der Waals surface area (Å²) in [5.41, 5.74) is 3.60. The van der Waals surface area contributed by atoms with Gasteiger partial charge in [0.2, 0.25) is 5.95 Å². The molecule has 11 heteroatoms. The van der Waals surface area contributed by atoms with Crippen LogP contribution in [0.4, 0.5) is 22.2 Å². The van der Waals surface area contributed by atoms with E-state index < -0.39 is 15.3 Å². The first-order valence-electron chi connectivity index (χ1n) is 14.8. The van der Waals surface area contributed by atoms with Crippen LogP contribution in [0.1, 0.15) is 69.5 Å². The molecule has 1 saturated carbocycles. The van der Waals surface area contributed by atoms with Gasteiger partial charge < -0.3 is 15.0 Å². The summed E-state index contributed by atoms with van der Waals surface area (Å²) in [6, 6.07) is 16.1. The summed E-state index contributed by atoms with van der Waals surface area (Å²) in [7, 11) is -2.34. The number of hydrogen-bond donors (Lipinski definition) is 1. The number of carbonyl (C=O) groups excluding carboxylic acids is 1. The quantitative estimate of drug-likeness (QED) is 0.255. The fourth-order valence-corrected chi connectivity index (χ4v) is 6.04. The number of rotatable bonds is 6. The number of nitrogens with zero attached hydrogens (tertiary/aromatic N) is 6. The van der Waals surface area contributed by atoms with E-state index >= 15 is 0 Å². The molecule has 0 unspecified atom stereocenters. The smallest absolute Gasteiger partial charge is 0.410 e. The van der Waals surface area contributed by atoms with Crippen LogP contribution in [0.15, 0.2) is 59.1 Å². The number of hydrogen-bond acceptors (Lipinski definition) is 8. The zero-order valence-corrected chi connectivity index (χ0v) is 26.2. The maximum Gasteiger partial charge on any atom is 0.410 e. The lowest BCUT2D eigenvalue weighted by Gasteiger charge is -2.33. The average molecular weight is 602 g/mol. The predicted molar refractivity (Wildman–Crippen MR) is 170 cm³/mol. The second-order valence-electron chi connectivity index (χ2n) is 12.8. The number of aromatic nitrogens is 4. The monoisotopic (exact) mass is 601 g/mol. The number of carbonyl (C=O) groups is 1. The Morgan fingerprint density at radius 1 is 1.00 bits per heavy atom. The number of pyridine rings is 1. The molecular formula is C32H39N7O3S. The zero-order valence-electron chi connectivity index (χ0n) is 25.4. The van der Waals surface area contributed by atoms with E-state index in [4.69, 9.17) is 14.7 Å². The van der Waals surface area contributed by atoms with Crippen LogP contribution >= 0.6 is 0 Å². The van der Waals surface area contributed by atoms with Crippen LogP contribution in [0.25, 0.3) is 16.9 Å². The lowest BCUT2D eigenvalue weighted by molar-refractivity contribution is 0.0205. The molecule has 0 radical (unpaired) electrons. The summed E-state index contributed by atoms with van der Waals surface area (Å²) in [5, 5.41) is 4.31. The standard InChI is InChI=1S/C32H39N7O3S/c1-32(2,3)42-31(40)38-17-15-22(16-18-38)21-11-13-25(14-12-21)34-30-33-20-24-19-26(23-9-10-23)39(29(24)36-30)28-8-6-7-27(35-28)37-43(4,5)41/h6-8,11-14,19-20,22-23H,9-10,15-18H2,1-5H3,(H,33,34,36). The van der Waals surface area contributed by atoms with Crippen molar-refractivity contribution in [1.82, 2.24) is 24.4 Å². The Morgan fingerprint density at radius 3 is 2.37 bits per heavy atom. The maximum absolute atomic E-state index is 12.4. The van der Waals surface area contributed by atoms with Crippen LogP contribution in [0.3, 0.4) is 0 Å². The fourth-order valence-electron chi connectivity index (χ4n) is 5.49. The molecule has 43 heavy (non-hydrogen) atoms. The topological polar surface area (TPSA) is 115 Å². The van der Waals surface area contributed by atoms with Crippen LogP contribution in [0, 0.1) is 0 Å². The van der Waals surface area contributed by atoms with E-state index in [1.807, 2.05) is 44.0 Å². The van der Waals surface area contributed by atoms with Gasteiger partial charge in [0, 0.05) is 58.3 Å². The molecule has 226 valence electrons. The van der Waals surface area contributed by atoms with Gasteiger partial charge in [0.25, 0.3) is 0 Å². The van der Waals surface area contributed by atoms with Crippen molar-refractivity contribution in [1.29, 1.82) is 0 Å². The van der Waals surface area contributed by atoms with Crippen molar-refractivity contribution in [3.05, 3.63) is 66.0 Å². The molecule has 1 amide bonds. The Balaban J connectivity index is 1.19. The van der Waals surface area contributed by atoms with Crippen molar-refractivity contribution in [3.63, 3.8) is 0 Å². The average Bonchev–Trinajstić information content (AvgIpc) is 3.72. The Labute approximate surface area is 253 Å². The van der Waals surface area contributed by atoms with Gasteiger partial charge in [-0.1, -0.05) is 18.2 Å². The largest absolute Gasteiger partial charge is 0.444 e. The zero-order chi connectivity index (χ0) is 30.4. The van der Waals surface area contributed by atoms with Gasteiger partial charge in [0.15, 0.2) is 11.5 Å². The lowest BCUT2D eigenvalue weighted by Crippen LogP contribution is -2.41. The van der Waals surface area contributed by atoms with Gasteiger partial charge in [-0.05, 0) is 94.2 Å². The molecule has 2 fully saturated rings. The summed E-state index contributed by atoms with van der Waals surface area (Å²) in [6.07, 6.45) is 8.89. The summed E-state index contributed by atoms with van der Waals surface area (Å²) in [4.78, 5) is 28.5. The Hall–Kier alpha value is -3.99. The number of likely N-dealkylation sites (tertiary alicyclic amines) is 1. The highest BCUT2D eigenvalue weighted by molar-refractivity contribution is 7.92. The van der Waals surface area contributed by atoms with Crippen molar-refractivity contribution in [3.8, 4) is 5.82 Å². The van der Waals surface area contributed by atoms with Crippen LogP contribution in [-0.2, 0) is 14.5 Å². The Morgan fingerprint density at radius 2 is 1.72 bits per heavy atom. The number of fused-ring (bicyclic) bond motifs is 1. The highest BCUT2D eigenvalue weighted by atomic mass is 32.2. The van der Waals surface area contributed by atoms with Gasteiger partial charge in [-0.15, -0.1) is 0 Å². The minimum Gasteiger partial charge on any atom is -0.444 e. The van der Waals surface area contributed by atoms with Gasteiger partial charge in [-0.3, -0.25) is 4.57 Å². The first kappa shape index (κ1) is 29.1. The van der Waals surface area contributed by atoms with Gasteiger partial charge in [0.05, 0.1) is 0 Å². The van der Waals surface area contributed by atoms with Crippen molar-refractivity contribution >= 4 is 44.3 Å². The van der Waals surface area contributed by atoms with Crippen molar-refractivity contribution in [2.24, 2.45) is 4.36 Å². The second-order valence-corrected chi connectivity index (χ2v) is 15.3. The van der Waals surface area contributed by atoms with E-state index in [0.717, 1.165) is 48.1 Å². The summed E-state index contributed by atoms with van der Waals surface area (Å²) in [6.45, 7) is 7.07. The number of anilines is 2. The van der Waals surface area contributed by atoms with E-state index in [1.165, 1.54) is 5.56 Å². The van der Waals surface area contributed by atoms with E-state index in [0.29, 0.717) is 42.5 Å². The minimum atomic E-state index is -2.34. The SMILES string of the molecule is CC(C)(C)OC(=O)N1CCC(c2ccc(Nc3ncc4cc(C5CC5)n(-c5cccc(N=S(C)(C)=O)n5)c4n3)cc2)CC1. The molecule has 0 spiro atoms. The number of amides is 1. The molecule has 10 nitrogen and oxygen atoms in total. The van der Waals surface area contributed by atoms with E-state index in [1.54, 1.807) is 18.6 Å². The maximum atomic E-state index is 12.4. The van der Waals surface area contributed by atoms with Gasteiger partial charge in [-0.2, -0.15) is 9.35 Å². The highest BCUT2D eigenvalue weighted by Crippen LogP contribution is 2.43. The van der Waals surface area contributed by atoms with E-state index in [-0.39, 0.29) is 6.09 Å². The highest BCUT2D eigenvalue weighted by Gasteiger charge is 2.30. The molecule has 0 bridgehead atoms. The molecule has 3 aromatic heterocycles. The number of nitrogens with one attached hydrogen (secondary N) is 1. The van der Waals surface area contributed by atoms with Crippen LogP contribution < -0.4 is 5.32 Å². The summed E-state index contributed by atoms with van der Waals surface area (Å²) < 4.78 is 24.2. The third kappa shape index (κ3) is 6.98. The molecule has 4 aromatic rings. The molecule has 1 saturated heterocycles. The van der Waals surface area contributed by atoms with Crippen LogP contribution in [-0.4, -0.2) is 65.9 Å². The third-order valence-electron chi connectivity index (χ3n) is 7.61. The van der Waals surface area contributed by atoms with Gasteiger partial charge in [-0.25, -0.2) is 19.0 Å².